The molecular weight excluding hydrogens is 654 g/mol. The molecule has 13 nitrogen and oxygen atoms in total. The van der Waals surface area contributed by atoms with Crippen molar-refractivity contribution in [3.63, 3.8) is 0 Å². The van der Waals surface area contributed by atoms with Crippen LogP contribution < -0.4 is 26.6 Å². The van der Waals surface area contributed by atoms with Gasteiger partial charge in [-0.25, -0.2) is 19.2 Å². The second kappa shape index (κ2) is 15.9. The van der Waals surface area contributed by atoms with E-state index in [1.165, 1.54) is 0 Å². The summed E-state index contributed by atoms with van der Waals surface area (Å²) < 4.78 is 23.2. The maximum absolute atomic E-state index is 12.5. The molecule has 0 aromatic heterocycles. The second-order valence-corrected chi connectivity index (χ2v) is 15.3. The van der Waals surface area contributed by atoms with Crippen molar-refractivity contribution in [1.29, 1.82) is 0 Å². The maximum atomic E-state index is 12.5. The standard InChI is InChI=1S/C38H55N5O8/c1-23-27-13-11-25(9-5-15-37(3)31(50-37)29(27)48-33(23)44)21-42-35(46)40-19-7-17-39-18-8-20-41-36(47)43-22-26-10-6-16-38(4)32(51-38)30-28(14-12-26)24(2)34(45)49-30/h9-10,27-32,39H,1-2,5-8,11-22H2,3-4H3,(H2,40,42,46)(H2,41,43,47)/b25-9+,26-10+/t27-,28+,29-,30+,31-,32+,37+,38-. The summed E-state index contributed by atoms with van der Waals surface area (Å²) in [6.07, 6.45) is 11.6. The number of fused-ring (bicyclic) bond motifs is 6. The van der Waals surface area contributed by atoms with E-state index < -0.39 is 0 Å². The van der Waals surface area contributed by atoms with Crippen LogP contribution in [0.15, 0.2) is 47.6 Å². The predicted octanol–water partition coefficient (Wildman–Crippen LogP) is 3.47. The van der Waals surface area contributed by atoms with Gasteiger partial charge in [0.25, 0.3) is 0 Å². The van der Waals surface area contributed by atoms with Gasteiger partial charge in [-0.3, -0.25) is 0 Å². The van der Waals surface area contributed by atoms with E-state index in [2.05, 4.69) is 65.7 Å². The van der Waals surface area contributed by atoms with Crippen molar-refractivity contribution < 1.29 is 38.1 Å². The van der Waals surface area contributed by atoms with Crippen molar-refractivity contribution in [2.75, 3.05) is 39.3 Å². The van der Waals surface area contributed by atoms with E-state index >= 15 is 0 Å². The molecular formula is C38H55N5O8. The van der Waals surface area contributed by atoms with Crippen LogP contribution in [0.4, 0.5) is 9.59 Å². The number of allylic oxidation sites excluding steroid dienone is 2. The summed E-state index contributed by atoms with van der Waals surface area (Å²) in [5.74, 6) is -0.775. The van der Waals surface area contributed by atoms with Crippen LogP contribution in [0.2, 0.25) is 0 Å². The topological polar surface area (TPSA) is 172 Å². The van der Waals surface area contributed by atoms with Gasteiger partial charge in [-0.2, -0.15) is 0 Å². The molecule has 4 fully saturated rings. The van der Waals surface area contributed by atoms with Crippen molar-refractivity contribution in [2.24, 2.45) is 11.8 Å². The van der Waals surface area contributed by atoms with Gasteiger partial charge in [0.2, 0.25) is 0 Å². The fourth-order valence-electron chi connectivity index (χ4n) is 8.03. The zero-order valence-electron chi connectivity index (χ0n) is 30.1. The highest BCUT2D eigenvalue weighted by Gasteiger charge is 2.62. The van der Waals surface area contributed by atoms with Gasteiger partial charge < -0.3 is 45.5 Å². The monoisotopic (exact) mass is 709 g/mol. The van der Waals surface area contributed by atoms with Crippen molar-refractivity contribution in [3.05, 3.63) is 47.6 Å². The van der Waals surface area contributed by atoms with Crippen molar-refractivity contribution in [1.82, 2.24) is 26.6 Å². The van der Waals surface area contributed by atoms with Crippen LogP contribution in [0.25, 0.3) is 0 Å². The number of hydrogen-bond acceptors (Lipinski definition) is 9. The first-order valence-electron chi connectivity index (χ1n) is 18.7. The molecule has 5 N–H and O–H groups in total. The Hall–Kier alpha value is -3.68. The molecule has 0 spiro atoms. The minimum atomic E-state index is -0.325. The van der Waals surface area contributed by atoms with Gasteiger partial charge in [0.15, 0.2) is 0 Å². The average molecular weight is 710 g/mol. The Morgan fingerprint density at radius 1 is 0.706 bits per heavy atom. The van der Waals surface area contributed by atoms with Gasteiger partial charge in [0, 0.05) is 49.2 Å². The summed E-state index contributed by atoms with van der Waals surface area (Å²) in [5, 5.41) is 15.1. The van der Waals surface area contributed by atoms with Crippen LogP contribution in [0, 0.1) is 11.8 Å². The third-order valence-electron chi connectivity index (χ3n) is 11.5. The lowest BCUT2D eigenvalue weighted by Gasteiger charge is -2.20. The number of rotatable bonds is 12. The molecule has 4 heterocycles. The number of amides is 4. The minimum Gasteiger partial charge on any atom is -0.455 e. The quantitative estimate of drug-likeness (QED) is 0.0669. The molecule has 0 saturated carbocycles. The second-order valence-electron chi connectivity index (χ2n) is 15.3. The summed E-state index contributed by atoms with van der Waals surface area (Å²) in [4.78, 5) is 49.3. The van der Waals surface area contributed by atoms with E-state index in [4.69, 9.17) is 18.9 Å². The van der Waals surface area contributed by atoms with E-state index in [0.717, 1.165) is 88.4 Å². The molecule has 4 saturated heterocycles. The maximum Gasteiger partial charge on any atom is 0.334 e. The van der Waals surface area contributed by atoms with Crippen LogP contribution >= 0.6 is 0 Å². The van der Waals surface area contributed by atoms with E-state index in [1.54, 1.807) is 0 Å². The number of esters is 2. The number of carbonyl (C=O) groups is 4. The summed E-state index contributed by atoms with van der Waals surface area (Å²) in [6, 6.07) is -0.415. The number of carbonyl (C=O) groups excluding carboxylic acids is 4. The molecule has 280 valence electrons. The Labute approximate surface area is 300 Å². The number of ether oxygens (including phenoxy) is 4. The fourth-order valence-corrected chi connectivity index (χ4v) is 8.03. The fraction of sp³-hybridized carbons (Fsp3) is 0.684. The lowest BCUT2D eigenvalue weighted by Crippen LogP contribution is -2.38. The Morgan fingerprint density at radius 3 is 1.57 bits per heavy atom. The Bertz CT molecular complexity index is 1350. The average Bonchev–Trinajstić information content (AvgIpc) is 3.91. The van der Waals surface area contributed by atoms with Gasteiger partial charge in [-0.15, -0.1) is 0 Å². The summed E-state index contributed by atoms with van der Waals surface area (Å²) in [5.41, 5.74) is 2.75. The highest BCUT2D eigenvalue weighted by Crippen LogP contribution is 2.51. The predicted molar refractivity (Wildman–Crippen MR) is 190 cm³/mol. The van der Waals surface area contributed by atoms with Crippen LogP contribution in [0.1, 0.15) is 78.1 Å². The zero-order valence-corrected chi connectivity index (χ0v) is 30.1. The largest absolute Gasteiger partial charge is 0.455 e. The molecule has 8 atom stereocenters. The van der Waals surface area contributed by atoms with E-state index in [-0.39, 0.29) is 71.5 Å². The molecule has 4 amide bonds. The molecule has 2 aliphatic carbocycles. The van der Waals surface area contributed by atoms with Crippen molar-refractivity contribution in [3.8, 4) is 0 Å². The number of epoxide rings is 2. The lowest BCUT2D eigenvalue weighted by atomic mass is 9.84. The van der Waals surface area contributed by atoms with E-state index in [1.807, 2.05) is 0 Å². The molecule has 0 radical (unpaired) electrons. The van der Waals surface area contributed by atoms with Gasteiger partial charge in [0.1, 0.15) is 24.4 Å². The lowest BCUT2D eigenvalue weighted by molar-refractivity contribution is -0.140. The highest BCUT2D eigenvalue weighted by atomic mass is 16.7. The normalized spacial score (nSPS) is 36.3. The molecule has 6 rings (SSSR count). The van der Waals surface area contributed by atoms with Crippen LogP contribution in [0.3, 0.4) is 0 Å². The summed E-state index contributed by atoms with van der Waals surface area (Å²) >= 11 is 0. The van der Waals surface area contributed by atoms with Crippen molar-refractivity contribution >= 4 is 24.0 Å². The third kappa shape index (κ3) is 9.04. The van der Waals surface area contributed by atoms with E-state index in [0.29, 0.717) is 37.3 Å². The molecule has 0 unspecified atom stereocenters. The zero-order chi connectivity index (χ0) is 36.2. The smallest absolute Gasteiger partial charge is 0.334 e. The van der Waals surface area contributed by atoms with Crippen LogP contribution in [-0.2, 0) is 28.5 Å². The van der Waals surface area contributed by atoms with Gasteiger partial charge >= 0.3 is 24.0 Å². The first kappa shape index (κ1) is 37.1. The van der Waals surface area contributed by atoms with Gasteiger partial charge in [-0.1, -0.05) is 36.5 Å². The minimum absolute atomic E-state index is 0.0624. The highest BCUT2D eigenvalue weighted by molar-refractivity contribution is 5.91. The molecule has 0 aromatic carbocycles. The molecule has 13 heteroatoms. The molecule has 0 bridgehead atoms. The Kier molecular flexibility index (Phi) is 11.6. The Balaban J connectivity index is 0.794. The van der Waals surface area contributed by atoms with E-state index in [9.17, 15) is 19.2 Å². The number of hydrogen-bond donors (Lipinski definition) is 5. The first-order chi connectivity index (χ1) is 24.5. The molecule has 6 aliphatic rings. The van der Waals surface area contributed by atoms with Gasteiger partial charge in [0.05, 0.1) is 11.2 Å². The van der Waals surface area contributed by atoms with Crippen LogP contribution in [-0.4, -0.2) is 98.9 Å². The number of nitrogens with one attached hydrogen (secondary N) is 5. The van der Waals surface area contributed by atoms with Gasteiger partial charge in [-0.05, 0) is 91.1 Å². The molecule has 51 heavy (non-hydrogen) atoms. The van der Waals surface area contributed by atoms with Crippen molar-refractivity contribution in [2.45, 2.75) is 114 Å². The van der Waals surface area contributed by atoms with Crippen LogP contribution in [0.5, 0.6) is 0 Å². The Morgan fingerprint density at radius 2 is 1.14 bits per heavy atom. The first-order valence-corrected chi connectivity index (χ1v) is 18.7. The summed E-state index contributed by atoms with van der Waals surface area (Å²) in [7, 11) is 0. The number of urea groups is 2. The third-order valence-corrected chi connectivity index (χ3v) is 11.5. The summed E-state index contributed by atoms with van der Waals surface area (Å²) in [6.45, 7) is 15.6. The molecule has 4 aliphatic heterocycles. The SMILES string of the molecule is C=C1C(=O)O[C@@H]2[C@@H]1CC/C(CNC(=O)NCCCNCCCNC(=O)NC/C1=C/CC[C@@]3(C)O[C@H]3[C@H]3OC(=O)C(=C)[C@@H]3CC1)=C\CC[C@]1(C)O[C@H]21. The molecule has 0 aromatic rings.